The van der Waals surface area contributed by atoms with Gasteiger partial charge in [0.25, 0.3) is 0 Å². The van der Waals surface area contributed by atoms with E-state index >= 15 is 0 Å². The van der Waals surface area contributed by atoms with Crippen LogP contribution in [0.5, 0.6) is 0 Å². The average Bonchev–Trinajstić information content (AvgIpc) is 2.48. The van der Waals surface area contributed by atoms with Crippen molar-refractivity contribution < 1.29 is 0 Å². The molecule has 0 spiro atoms. The number of para-hydroxylation sites is 1. The fraction of sp³-hybridized carbons (Fsp3) is 0.533. The summed E-state index contributed by atoms with van der Waals surface area (Å²) in [4.78, 5) is 2.51. The minimum absolute atomic E-state index is 0.726. The number of benzene rings is 1. The number of unbranched alkanes of at least 4 members (excludes halogenated alkanes) is 1. The van der Waals surface area contributed by atoms with Crippen molar-refractivity contribution in [2.75, 3.05) is 44.6 Å². The highest BCUT2D eigenvalue weighted by Gasteiger charge is 2.08. The molecule has 2 rings (SSSR count). The molecule has 1 fully saturated rings. The molecule has 4 heteroatoms. The third-order valence-electron chi connectivity index (χ3n) is 3.47. The number of rotatable bonds is 6. The zero-order chi connectivity index (χ0) is 13.3. The van der Waals surface area contributed by atoms with Crippen LogP contribution in [0.15, 0.2) is 24.3 Å². The Bertz CT molecular complexity index is 418. The van der Waals surface area contributed by atoms with E-state index in [-0.39, 0.29) is 0 Å². The number of nitrogens with zero attached hydrogens (tertiary/aromatic N) is 2. The van der Waals surface area contributed by atoms with Crippen LogP contribution in [0.25, 0.3) is 0 Å². The van der Waals surface area contributed by atoms with Gasteiger partial charge in [-0.25, -0.2) is 0 Å². The summed E-state index contributed by atoms with van der Waals surface area (Å²) in [6.45, 7) is 6.70. The number of nitriles is 1. The Morgan fingerprint density at radius 2 is 2.00 bits per heavy atom. The number of nitrogens with one attached hydrogen (secondary N) is 2. The van der Waals surface area contributed by atoms with Gasteiger partial charge in [0.1, 0.15) is 6.07 Å². The predicted octanol–water partition coefficient (Wildman–Crippen LogP) is 1.66. The van der Waals surface area contributed by atoms with Crippen molar-refractivity contribution in [3.8, 4) is 6.07 Å². The van der Waals surface area contributed by atoms with Gasteiger partial charge in [-0.2, -0.15) is 5.26 Å². The molecule has 0 aliphatic carbocycles. The van der Waals surface area contributed by atoms with E-state index < -0.39 is 0 Å². The molecule has 19 heavy (non-hydrogen) atoms. The van der Waals surface area contributed by atoms with Crippen molar-refractivity contribution >= 4 is 5.69 Å². The van der Waals surface area contributed by atoms with Crippen LogP contribution >= 0.6 is 0 Å². The summed E-state index contributed by atoms with van der Waals surface area (Å²) in [6.07, 6.45) is 2.35. The fourth-order valence-electron chi connectivity index (χ4n) is 2.35. The first kappa shape index (κ1) is 13.9. The van der Waals surface area contributed by atoms with E-state index in [0.717, 1.165) is 37.3 Å². The Labute approximate surface area is 115 Å². The van der Waals surface area contributed by atoms with E-state index in [1.54, 1.807) is 0 Å². The van der Waals surface area contributed by atoms with Gasteiger partial charge in [0.05, 0.1) is 11.3 Å². The molecule has 0 unspecified atom stereocenters. The van der Waals surface area contributed by atoms with E-state index in [0.29, 0.717) is 0 Å². The first-order chi connectivity index (χ1) is 9.40. The van der Waals surface area contributed by atoms with Gasteiger partial charge in [-0.15, -0.1) is 0 Å². The standard InChI is InChI=1S/C15H22N4/c16-13-14-5-1-2-6-15(14)18-7-3-4-10-19-11-8-17-9-12-19/h1-2,5-6,17-18H,3-4,7-12H2. The molecule has 1 heterocycles. The molecular weight excluding hydrogens is 236 g/mol. The molecule has 1 aromatic rings. The summed E-state index contributed by atoms with van der Waals surface area (Å²) in [7, 11) is 0. The molecule has 4 nitrogen and oxygen atoms in total. The van der Waals surface area contributed by atoms with Gasteiger partial charge < -0.3 is 15.5 Å². The average molecular weight is 258 g/mol. The minimum atomic E-state index is 0.726. The summed E-state index contributed by atoms with van der Waals surface area (Å²) in [5, 5.41) is 15.7. The van der Waals surface area contributed by atoms with Crippen LogP contribution < -0.4 is 10.6 Å². The molecule has 0 aromatic heterocycles. The van der Waals surface area contributed by atoms with Crippen molar-refractivity contribution in [2.24, 2.45) is 0 Å². The fourth-order valence-corrected chi connectivity index (χ4v) is 2.35. The highest BCUT2D eigenvalue weighted by molar-refractivity contribution is 5.56. The zero-order valence-corrected chi connectivity index (χ0v) is 11.4. The molecule has 102 valence electrons. The second-order valence-corrected chi connectivity index (χ2v) is 4.88. The quantitative estimate of drug-likeness (QED) is 0.762. The van der Waals surface area contributed by atoms with Gasteiger partial charge in [0, 0.05) is 32.7 Å². The van der Waals surface area contributed by atoms with Crippen molar-refractivity contribution in [1.29, 1.82) is 5.26 Å². The third kappa shape index (κ3) is 4.55. The smallest absolute Gasteiger partial charge is 0.101 e. The maximum Gasteiger partial charge on any atom is 0.101 e. The maximum absolute atomic E-state index is 8.99. The minimum Gasteiger partial charge on any atom is -0.384 e. The van der Waals surface area contributed by atoms with Gasteiger partial charge in [-0.3, -0.25) is 0 Å². The van der Waals surface area contributed by atoms with Crippen LogP contribution in [0.1, 0.15) is 18.4 Å². The Hall–Kier alpha value is -1.57. The monoisotopic (exact) mass is 258 g/mol. The predicted molar refractivity (Wildman–Crippen MR) is 78.2 cm³/mol. The Balaban J connectivity index is 1.62. The van der Waals surface area contributed by atoms with Crippen molar-refractivity contribution in [2.45, 2.75) is 12.8 Å². The molecule has 1 aliphatic heterocycles. The van der Waals surface area contributed by atoms with Crippen LogP contribution in [0.2, 0.25) is 0 Å². The number of piperazine rings is 1. The van der Waals surface area contributed by atoms with Gasteiger partial charge >= 0.3 is 0 Å². The molecule has 0 bridgehead atoms. The molecular formula is C15H22N4. The summed E-state index contributed by atoms with van der Waals surface area (Å²) in [5.74, 6) is 0. The highest BCUT2D eigenvalue weighted by atomic mass is 15.2. The van der Waals surface area contributed by atoms with E-state index in [9.17, 15) is 0 Å². The van der Waals surface area contributed by atoms with E-state index in [2.05, 4.69) is 21.6 Å². The molecule has 2 N–H and O–H groups in total. The van der Waals surface area contributed by atoms with E-state index in [1.807, 2.05) is 24.3 Å². The molecule has 0 saturated carbocycles. The maximum atomic E-state index is 8.99. The van der Waals surface area contributed by atoms with Gasteiger partial charge in [-0.05, 0) is 31.5 Å². The lowest BCUT2D eigenvalue weighted by atomic mass is 10.2. The third-order valence-corrected chi connectivity index (χ3v) is 3.47. The van der Waals surface area contributed by atoms with E-state index in [4.69, 9.17) is 5.26 Å². The van der Waals surface area contributed by atoms with Crippen LogP contribution in [-0.4, -0.2) is 44.2 Å². The first-order valence-electron chi connectivity index (χ1n) is 7.06. The Morgan fingerprint density at radius 1 is 1.21 bits per heavy atom. The van der Waals surface area contributed by atoms with Gasteiger partial charge in [0.2, 0.25) is 0 Å². The zero-order valence-electron chi connectivity index (χ0n) is 11.4. The lowest BCUT2D eigenvalue weighted by Gasteiger charge is -2.27. The lowest BCUT2D eigenvalue weighted by molar-refractivity contribution is 0.237. The molecule has 0 atom stereocenters. The number of anilines is 1. The normalized spacial score (nSPS) is 15.9. The van der Waals surface area contributed by atoms with Crippen LogP contribution in [-0.2, 0) is 0 Å². The lowest BCUT2D eigenvalue weighted by Crippen LogP contribution is -2.43. The SMILES string of the molecule is N#Cc1ccccc1NCCCCN1CCNCC1. The van der Waals surface area contributed by atoms with Crippen LogP contribution in [0.4, 0.5) is 5.69 Å². The summed E-state index contributed by atoms with van der Waals surface area (Å²) < 4.78 is 0. The topological polar surface area (TPSA) is 51.1 Å². The van der Waals surface area contributed by atoms with Crippen LogP contribution in [0, 0.1) is 11.3 Å². The van der Waals surface area contributed by atoms with E-state index in [1.165, 1.54) is 26.1 Å². The summed E-state index contributed by atoms with van der Waals surface area (Å²) >= 11 is 0. The number of hydrogen-bond donors (Lipinski definition) is 2. The highest BCUT2D eigenvalue weighted by Crippen LogP contribution is 2.13. The summed E-state index contributed by atoms with van der Waals surface area (Å²) in [6, 6.07) is 9.89. The first-order valence-corrected chi connectivity index (χ1v) is 7.06. The molecule has 0 amide bonds. The van der Waals surface area contributed by atoms with Crippen molar-refractivity contribution in [3.05, 3.63) is 29.8 Å². The molecule has 1 saturated heterocycles. The largest absolute Gasteiger partial charge is 0.384 e. The molecule has 0 radical (unpaired) electrons. The van der Waals surface area contributed by atoms with Crippen LogP contribution in [0.3, 0.4) is 0 Å². The molecule has 1 aliphatic rings. The molecule has 1 aromatic carbocycles. The van der Waals surface area contributed by atoms with Crippen molar-refractivity contribution in [3.63, 3.8) is 0 Å². The Kier molecular flexibility index (Phi) is 5.67. The van der Waals surface area contributed by atoms with Crippen molar-refractivity contribution in [1.82, 2.24) is 10.2 Å². The van der Waals surface area contributed by atoms with Gasteiger partial charge in [-0.1, -0.05) is 12.1 Å². The second kappa shape index (κ2) is 7.78. The van der Waals surface area contributed by atoms with Gasteiger partial charge in [0.15, 0.2) is 0 Å². The second-order valence-electron chi connectivity index (χ2n) is 4.88. The summed E-state index contributed by atoms with van der Waals surface area (Å²) in [5.41, 5.74) is 1.68. The Morgan fingerprint density at radius 3 is 2.79 bits per heavy atom. The number of hydrogen-bond acceptors (Lipinski definition) is 4.